The molecule has 0 aliphatic heterocycles. The first kappa shape index (κ1) is 8.62. The molecule has 0 spiro atoms. The second kappa shape index (κ2) is 3.41. The lowest BCUT2D eigenvalue weighted by Gasteiger charge is -2.19. The zero-order valence-corrected chi connectivity index (χ0v) is 7.75. The lowest BCUT2D eigenvalue weighted by Crippen LogP contribution is -2.33. The van der Waals surface area contributed by atoms with Gasteiger partial charge in [0, 0.05) is 5.92 Å². The molecule has 0 aromatic carbocycles. The van der Waals surface area contributed by atoms with Gasteiger partial charge in [-0.2, -0.15) is 0 Å². The van der Waals surface area contributed by atoms with E-state index in [1.54, 1.807) is 0 Å². The molecule has 2 fully saturated rings. The van der Waals surface area contributed by atoms with Gasteiger partial charge in [-0.15, -0.1) is 6.42 Å². The van der Waals surface area contributed by atoms with Crippen molar-refractivity contribution in [2.24, 2.45) is 17.8 Å². The van der Waals surface area contributed by atoms with E-state index in [4.69, 9.17) is 6.42 Å². The molecular formula is C11H15NO. The molecule has 70 valence electrons. The van der Waals surface area contributed by atoms with E-state index in [2.05, 4.69) is 11.2 Å². The van der Waals surface area contributed by atoms with Crippen LogP contribution < -0.4 is 5.32 Å². The highest BCUT2D eigenvalue weighted by molar-refractivity contribution is 5.79. The van der Waals surface area contributed by atoms with E-state index in [1.807, 2.05) is 0 Å². The molecule has 0 aromatic rings. The number of carbonyl (C=O) groups is 1. The molecule has 3 atom stereocenters. The average Bonchev–Trinajstić information content (AvgIpc) is 2.74. The van der Waals surface area contributed by atoms with Gasteiger partial charge in [-0.05, 0) is 31.1 Å². The third kappa shape index (κ3) is 1.56. The van der Waals surface area contributed by atoms with Crippen molar-refractivity contribution < 1.29 is 4.79 Å². The predicted molar refractivity (Wildman–Crippen MR) is 50.8 cm³/mol. The number of fused-ring (bicyclic) bond motifs is 2. The number of rotatable bonds is 2. The van der Waals surface area contributed by atoms with E-state index in [0.717, 1.165) is 12.3 Å². The van der Waals surface area contributed by atoms with Crippen LogP contribution in [0.3, 0.4) is 0 Å². The number of nitrogens with one attached hydrogen (secondary N) is 1. The van der Waals surface area contributed by atoms with E-state index in [1.165, 1.54) is 19.3 Å². The number of terminal acetylenes is 1. The first-order valence-electron chi connectivity index (χ1n) is 5.02. The highest BCUT2D eigenvalue weighted by atomic mass is 16.1. The number of hydrogen-bond donors (Lipinski definition) is 1. The average molecular weight is 177 g/mol. The van der Waals surface area contributed by atoms with Crippen LogP contribution in [0, 0.1) is 30.1 Å². The molecule has 2 heteroatoms. The summed E-state index contributed by atoms with van der Waals surface area (Å²) in [6, 6.07) is 0. The van der Waals surface area contributed by atoms with Crippen molar-refractivity contribution in [3.63, 3.8) is 0 Å². The fourth-order valence-electron chi connectivity index (χ4n) is 2.84. The van der Waals surface area contributed by atoms with E-state index in [-0.39, 0.29) is 11.8 Å². The minimum Gasteiger partial charge on any atom is -0.345 e. The third-order valence-corrected chi connectivity index (χ3v) is 3.44. The summed E-state index contributed by atoms with van der Waals surface area (Å²) >= 11 is 0. The Morgan fingerprint density at radius 1 is 1.46 bits per heavy atom. The van der Waals surface area contributed by atoms with Gasteiger partial charge in [-0.1, -0.05) is 12.3 Å². The second-order valence-electron chi connectivity index (χ2n) is 4.20. The maximum Gasteiger partial charge on any atom is 0.224 e. The summed E-state index contributed by atoms with van der Waals surface area (Å²) in [5, 5.41) is 2.78. The highest BCUT2D eigenvalue weighted by Gasteiger charge is 2.42. The molecule has 2 nitrogen and oxygen atoms in total. The molecule has 2 aliphatic rings. The van der Waals surface area contributed by atoms with Crippen molar-refractivity contribution in [2.75, 3.05) is 6.54 Å². The van der Waals surface area contributed by atoms with E-state index < -0.39 is 0 Å². The van der Waals surface area contributed by atoms with Gasteiger partial charge in [-0.25, -0.2) is 0 Å². The van der Waals surface area contributed by atoms with E-state index >= 15 is 0 Å². The second-order valence-corrected chi connectivity index (χ2v) is 4.20. The predicted octanol–water partition coefficient (Wildman–Crippen LogP) is 1.17. The molecule has 0 radical (unpaired) electrons. The number of hydrogen-bond acceptors (Lipinski definition) is 1. The van der Waals surface area contributed by atoms with Crippen LogP contribution in [0.25, 0.3) is 0 Å². The van der Waals surface area contributed by atoms with Crippen molar-refractivity contribution in [1.29, 1.82) is 0 Å². The molecule has 2 saturated carbocycles. The Morgan fingerprint density at radius 2 is 2.31 bits per heavy atom. The Morgan fingerprint density at radius 3 is 2.85 bits per heavy atom. The minimum atomic E-state index is 0.185. The van der Waals surface area contributed by atoms with Gasteiger partial charge in [0.1, 0.15) is 0 Å². The van der Waals surface area contributed by atoms with Gasteiger partial charge >= 0.3 is 0 Å². The largest absolute Gasteiger partial charge is 0.345 e. The van der Waals surface area contributed by atoms with Gasteiger partial charge in [-0.3, -0.25) is 4.79 Å². The maximum absolute atomic E-state index is 11.6. The van der Waals surface area contributed by atoms with Gasteiger partial charge in [0.15, 0.2) is 0 Å². The molecule has 0 aromatic heterocycles. The fraction of sp³-hybridized carbons (Fsp3) is 0.727. The summed E-state index contributed by atoms with van der Waals surface area (Å²) in [5.41, 5.74) is 0. The van der Waals surface area contributed by atoms with Crippen molar-refractivity contribution in [2.45, 2.75) is 25.7 Å². The van der Waals surface area contributed by atoms with E-state index in [0.29, 0.717) is 12.5 Å². The molecule has 0 heterocycles. The molecule has 0 saturated heterocycles. The first-order chi connectivity index (χ1) is 6.31. The van der Waals surface area contributed by atoms with Crippen LogP contribution in [-0.2, 0) is 4.79 Å². The molecule has 2 rings (SSSR count). The topological polar surface area (TPSA) is 29.1 Å². The van der Waals surface area contributed by atoms with Crippen molar-refractivity contribution in [3.8, 4) is 12.3 Å². The Bertz CT molecular complexity index is 253. The molecular weight excluding hydrogens is 162 g/mol. The Labute approximate surface area is 79.1 Å². The monoisotopic (exact) mass is 177 g/mol. The van der Waals surface area contributed by atoms with Crippen molar-refractivity contribution in [3.05, 3.63) is 0 Å². The molecule has 2 bridgehead atoms. The van der Waals surface area contributed by atoms with Crippen LogP contribution >= 0.6 is 0 Å². The zero-order chi connectivity index (χ0) is 9.26. The van der Waals surface area contributed by atoms with Crippen LogP contribution in [0.2, 0.25) is 0 Å². The lowest BCUT2D eigenvalue weighted by molar-refractivity contribution is -0.126. The zero-order valence-electron chi connectivity index (χ0n) is 7.75. The molecule has 3 unspecified atom stereocenters. The fourth-order valence-corrected chi connectivity index (χ4v) is 2.84. The van der Waals surface area contributed by atoms with Gasteiger partial charge in [0.25, 0.3) is 0 Å². The third-order valence-electron chi connectivity index (χ3n) is 3.44. The lowest BCUT2D eigenvalue weighted by atomic mass is 9.88. The number of amides is 1. The molecule has 2 aliphatic carbocycles. The Hall–Kier alpha value is -0.970. The summed E-state index contributed by atoms with van der Waals surface area (Å²) in [4.78, 5) is 11.6. The van der Waals surface area contributed by atoms with Gasteiger partial charge in [0.05, 0.1) is 6.54 Å². The SMILES string of the molecule is C#CCNC(=O)C1CC2CCC1C2. The maximum atomic E-state index is 11.6. The van der Waals surface area contributed by atoms with Crippen LogP contribution in [-0.4, -0.2) is 12.5 Å². The number of carbonyl (C=O) groups excluding carboxylic acids is 1. The summed E-state index contributed by atoms with van der Waals surface area (Å²) in [5.74, 6) is 4.37. The van der Waals surface area contributed by atoms with Crippen molar-refractivity contribution >= 4 is 5.91 Å². The van der Waals surface area contributed by atoms with Crippen LogP contribution in [0.4, 0.5) is 0 Å². The quantitative estimate of drug-likeness (QED) is 0.630. The summed E-state index contributed by atoms with van der Waals surface area (Å²) in [7, 11) is 0. The summed E-state index contributed by atoms with van der Waals surface area (Å²) in [6.45, 7) is 0.382. The first-order valence-corrected chi connectivity index (χ1v) is 5.02. The standard InChI is InChI=1S/C11H15NO/c1-2-5-12-11(13)10-7-8-3-4-9(10)6-8/h1,8-10H,3-7H2,(H,12,13). The highest BCUT2D eigenvalue weighted by Crippen LogP contribution is 2.48. The molecule has 13 heavy (non-hydrogen) atoms. The molecule has 1 N–H and O–H groups in total. The Balaban J connectivity index is 1.88. The smallest absolute Gasteiger partial charge is 0.224 e. The van der Waals surface area contributed by atoms with Gasteiger partial charge < -0.3 is 5.32 Å². The van der Waals surface area contributed by atoms with Crippen molar-refractivity contribution in [1.82, 2.24) is 5.32 Å². The van der Waals surface area contributed by atoms with Crippen LogP contribution in [0.1, 0.15) is 25.7 Å². The van der Waals surface area contributed by atoms with Crippen LogP contribution in [0.5, 0.6) is 0 Å². The summed E-state index contributed by atoms with van der Waals surface area (Å²) in [6.07, 6.45) is 10.0. The molecule has 1 amide bonds. The normalized spacial score (nSPS) is 35.8. The van der Waals surface area contributed by atoms with Crippen LogP contribution in [0.15, 0.2) is 0 Å². The Kier molecular flexibility index (Phi) is 2.26. The summed E-state index contributed by atoms with van der Waals surface area (Å²) < 4.78 is 0. The van der Waals surface area contributed by atoms with E-state index in [9.17, 15) is 4.79 Å². The van der Waals surface area contributed by atoms with Gasteiger partial charge in [0.2, 0.25) is 5.91 Å². The minimum absolute atomic E-state index is 0.185.